The van der Waals surface area contributed by atoms with Gasteiger partial charge in [-0.15, -0.1) is 16.4 Å². The van der Waals surface area contributed by atoms with Crippen molar-refractivity contribution < 1.29 is 0 Å². The summed E-state index contributed by atoms with van der Waals surface area (Å²) in [5.41, 5.74) is 3.15. The fourth-order valence-corrected chi connectivity index (χ4v) is 4.75. The highest BCUT2D eigenvalue weighted by molar-refractivity contribution is 7.18. The van der Waals surface area contributed by atoms with Crippen molar-refractivity contribution in [2.75, 3.05) is 6.54 Å². The second kappa shape index (κ2) is 6.63. The van der Waals surface area contributed by atoms with E-state index in [1.54, 1.807) is 0 Å². The quantitative estimate of drug-likeness (QED) is 0.546. The molecule has 0 N–H and O–H groups in total. The van der Waals surface area contributed by atoms with Crippen molar-refractivity contribution in [2.45, 2.75) is 25.4 Å². The maximum atomic E-state index is 4.87. The van der Waals surface area contributed by atoms with E-state index in [1.165, 1.54) is 16.1 Å². The minimum Gasteiger partial charge on any atom is -0.288 e. The zero-order chi connectivity index (χ0) is 17.3. The molecule has 0 aliphatic carbocycles. The predicted molar refractivity (Wildman–Crippen MR) is 103 cm³/mol. The van der Waals surface area contributed by atoms with Gasteiger partial charge in [0.2, 0.25) is 0 Å². The largest absolute Gasteiger partial charge is 0.288 e. The molecule has 4 aromatic rings. The number of hydrogen-bond acceptors (Lipinski definition) is 5. The van der Waals surface area contributed by atoms with Crippen LogP contribution in [0.3, 0.4) is 0 Å². The zero-order valence-corrected chi connectivity index (χ0v) is 15.1. The number of aromatic nitrogens is 4. The van der Waals surface area contributed by atoms with Crippen LogP contribution < -0.4 is 0 Å². The van der Waals surface area contributed by atoms with Gasteiger partial charge < -0.3 is 0 Å². The molecule has 1 fully saturated rings. The highest BCUT2D eigenvalue weighted by Crippen LogP contribution is 2.37. The predicted octanol–water partition coefficient (Wildman–Crippen LogP) is 4.21. The number of thiazole rings is 1. The molecule has 1 aliphatic heterocycles. The number of likely N-dealkylation sites (tertiary alicyclic amines) is 1. The van der Waals surface area contributed by atoms with Crippen LogP contribution in [-0.2, 0) is 6.54 Å². The van der Waals surface area contributed by atoms with Crippen molar-refractivity contribution in [3.05, 3.63) is 71.5 Å². The van der Waals surface area contributed by atoms with Crippen LogP contribution >= 0.6 is 11.3 Å². The van der Waals surface area contributed by atoms with E-state index >= 15 is 0 Å². The summed E-state index contributed by atoms with van der Waals surface area (Å²) in [6.07, 6.45) is 4.39. The molecule has 3 heterocycles. The maximum Gasteiger partial charge on any atom is 0.111 e. The third-order valence-electron chi connectivity index (χ3n) is 4.89. The summed E-state index contributed by atoms with van der Waals surface area (Å²) in [6.45, 7) is 1.90. The summed E-state index contributed by atoms with van der Waals surface area (Å²) in [5.74, 6) is 0. The lowest BCUT2D eigenvalue weighted by molar-refractivity contribution is 0.245. The molecule has 0 spiro atoms. The fourth-order valence-electron chi connectivity index (χ4n) is 3.61. The lowest BCUT2D eigenvalue weighted by Gasteiger charge is -2.21. The third-order valence-corrected chi connectivity index (χ3v) is 6.02. The third kappa shape index (κ3) is 2.91. The molecule has 2 aromatic heterocycles. The van der Waals surface area contributed by atoms with E-state index in [4.69, 9.17) is 4.98 Å². The van der Waals surface area contributed by atoms with Crippen LogP contribution in [0.5, 0.6) is 0 Å². The van der Waals surface area contributed by atoms with Gasteiger partial charge in [0.25, 0.3) is 0 Å². The Labute approximate surface area is 155 Å². The topological polar surface area (TPSA) is 46.8 Å². The number of nitrogens with zero attached hydrogens (tertiary/aromatic N) is 5. The van der Waals surface area contributed by atoms with Crippen LogP contribution in [0.15, 0.2) is 60.8 Å². The summed E-state index contributed by atoms with van der Waals surface area (Å²) in [4.78, 5) is 7.36. The van der Waals surface area contributed by atoms with Gasteiger partial charge in [0.15, 0.2) is 0 Å². The van der Waals surface area contributed by atoms with E-state index in [9.17, 15) is 0 Å². The van der Waals surface area contributed by atoms with Crippen molar-refractivity contribution in [1.29, 1.82) is 0 Å². The molecule has 2 aromatic carbocycles. The summed E-state index contributed by atoms with van der Waals surface area (Å²) < 4.78 is 3.11. The van der Waals surface area contributed by atoms with E-state index in [2.05, 4.69) is 39.5 Å². The smallest absolute Gasteiger partial charge is 0.111 e. The molecule has 6 heteroatoms. The minimum atomic E-state index is 0.384. The van der Waals surface area contributed by atoms with Crippen molar-refractivity contribution in [2.24, 2.45) is 0 Å². The van der Waals surface area contributed by atoms with Crippen LogP contribution in [0.1, 0.15) is 29.6 Å². The van der Waals surface area contributed by atoms with E-state index < -0.39 is 0 Å². The van der Waals surface area contributed by atoms with Gasteiger partial charge in [0.05, 0.1) is 33.8 Å². The zero-order valence-electron chi connectivity index (χ0n) is 14.3. The second-order valence-corrected chi connectivity index (χ2v) is 7.70. The van der Waals surface area contributed by atoms with E-state index in [1.807, 2.05) is 52.5 Å². The van der Waals surface area contributed by atoms with Gasteiger partial charge in [-0.25, -0.2) is 9.67 Å². The van der Waals surface area contributed by atoms with Crippen molar-refractivity contribution in [3.8, 4) is 5.69 Å². The molecule has 0 amide bonds. The van der Waals surface area contributed by atoms with Crippen LogP contribution in [0.2, 0.25) is 0 Å². The molecule has 1 atom stereocenters. The lowest BCUT2D eigenvalue weighted by Crippen LogP contribution is -2.22. The molecule has 1 aliphatic rings. The molecule has 5 rings (SSSR count). The SMILES string of the molecule is c1ccc(-n2cc(CN3CCC[C@H]3c3nc4ccccc4s3)nn2)cc1. The monoisotopic (exact) mass is 361 g/mol. The molecular formula is C20H19N5S. The maximum absolute atomic E-state index is 4.87. The Bertz CT molecular complexity index is 990. The molecule has 1 saturated heterocycles. The van der Waals surface area contributed by atoms with E-state index in [0.29, 0.717) is 6.04 Å². The average Bonchev–Trinajstić information content (AvgIpc) is 3.41. The molecule has 0 bridgehead atoms. The Hall–Kier alpha value is -2.57. The fraction of sp³-hybridized carbons (Fsp3) is 0.250. The first-order valence-corrected chi connectivity index (χ1v) is 9.75. The Morgan fingerprint density at radius 2 is 1.88 bits per heavy atom. The Kier molecular flexibility index (Phi) is 3.99. The molecule has 0 radical (unpaired) electrons. The molecule has 0 saturated carbocycles. The van der Waals surface area contributed by atoms with Crippen molar-refractivity contribution in [3.63, 3.8) is 0 Å². The molecule has 0 unspecified atom stereocenters. The lowest BCUT2D eigenvalue weighted by atomic mass is 10.2. The first kappa shape index (κ1) is 15.7. The van der Waals surface area contributed by atoms with Gasteiger partial charge in [-0.2, -0.15) is 0 Å². The summed E-state index contributed by atoms with van der Waals surface area (Å²) in [6, 6.07) is 18.9. The first-order chi connectivity index (χ1) is 12.9. The van der Waals surface area contributed by atoms with Gasteiger partial charge >= 0.3 is 0 Å². The molecular weight excluding hydrogens is 342 g/mol. The standard InChI is InChI=1S/C20H19N5S/c1-2-7-16(8-3-1)25-14-15(22-23-25)13-24-12-6-10-18(24)20-21-17-9-4-5-11-19(17)26-20/h1-5,7-9,11,14,18H,6,10,12-13H2/t18-/m0/s1. The summed E-state index contributed by atoms with van der Waals surface area (Å²) in [5, 5.41) is 9.89. The highest BCUT2D eigenvalue weighted by Gasteiger charge is 2.29. The van der Waals surface area contributed by atoms with Crippen LogP contribution in [-0.4, -0.2) is 31.4 Å². The van der Waals surface area contributed by atoms with Crippen molar-refractivity contribution >= 4 is 21.6 Å². The Morgan fingerprint density at radius 1 is 1.04 bits per heavy atom. The molecule has 130 valence electrons. The average molecular weight is 361 g/mol. The van der Waals surface area contributed by atoms with Gasteiger partial charge in [0.1, 0.15) is 5.01 Å². The van der Waals surface area contributed by atoms with Gasteiger partial charge in [-0.05, 0) is 43.7 Å². The molecule has 26 heavy (non-hydrogen) atoms. The number of para-hydroxylation sites is 2. The number of fused-ring (bicyclic) bond motifs is 1. The van der Waals surface area contributed by atoms with Crippen LogP contribution in [0.25, 0.3) is 15.9 Å². The highest BCUT2D eigenvalue weighted by atomic mass is 32.1. The number of hydrogen-bond donors (Lipinski definition) is 0. The van der Waals surface area contributed by atoms with Crippen LogP contribution in [0.4, 0.5) is 0 Å². The minimum absolute atomic E-state index is 0.384. The van der Waals surface area contributed by atoms with Gasteiger partial charge in [-0.3, -0.25) is 4.90 Å². The van der Waals surface area contributed by atoms with Crippen molar-refractivity contribution in [1.82, 2.24) is 24.9 Å². The Morgan fingerprint density at radius 3 is 2.77 bits per heavy atom. The van der Waals surface area contributed by atoms with Gasteiger partial charge in [0, 0.05) is 6.54 Å². The van der Waals surface area contributed by atoms with E-state index in [-0.39, 0.29) is 0 Å². The molecule has 5 nitrogen and oxygen atoms in total. The summed E-state index contributed by atoms with van der Waals surface area (Å²) in [7, 11) is 0. The summed E-state index contributed by atoms with van der Waals surface area (Å²) >= 11 is 1.82. The number of benzene rings is 2. The number of rotatable bonds is 4. The first-order valence-electron chi connectivity index (χ1n) is 8.93. The van der Waals surface area contributed by atoms with Gasteiger partial charge in [-0.1, -0.05) is 35.5 Å². The normalized spacial score (nSPS) is 17.9. The van der Waals surface area contributed by atoms with E-state index in [0.717, 1.165) is 36.4 Å². The Balaban J connectivity index is 1.37. The van der Waals surface area contributed by atoms with Crippen LogP contribution in [0, 0.1) is 0 Å². The second-order valence-electron chi connectivity index (χ2n) is 6.64.